The molecule has 0 bridgehead atoms. The van der Waals surface area contributed by atoms with Gasteiger partial charge in [-0.25, -0.2) is 0 Å². The van der Waals surface area contributed by atoms with Gasteiger partial charge in [-0.3, -0.25) is 4.79 Å². The van der Waals surface area contributed by atoms with Crippen molar-refractivity contribution in [2.45, 2.75) is 42.0 Å². The Balaban J connectivity index is -0.000000135. The van der Waals surface area contributed by atoms with Crippen molar-refractivity contribution in [1.29, 1.82) is 0 Å². The fourth-order valence-corrected chi connectivity index (χ4v) is 0.780. The summed E-state index contributed by atoms with van der Waals surface area (Å²) in [6.07, 6.45) is 1.33. The van der Waals surface area contributed by atoms with E-state index in [0.29, 0.717) is 6.54 Å². The topological polar surface area (TPSA) is 40.5 Å². The van der Waals surface area contributed by atoms with E-state index >= 15 is 0 Å². The lowest BCUT2D eigenvalue weighted by atomic mass is 10.4. The molecule has 1 N–H and O–H groups in total. The zero-order chi connectivity index (χ0) is 7.98. The molecule has 0 fully saturated rings. The predicted molar refractivity (Wildman–Crippen MR) is 60.2 cm³/mol. The van der Waals surface area contributed by atoms with E-state index in [0.717, 1.165) is 13.0 Å². The number of aliphatic carboxylic acids is 1. The van der Waals surface area contributed by atoms with Gasteiger partial charge in [0.25, 0.3) is 0 Å². The van der Waals surface area contributed by atoms with Gasteiger partial charge < -0.3 is 10.0 Å². The number of rotatable bonds is 5. The Morgan fingerprint density at radius 3 is 2.00 bits per heavy atom. The van der Waals surface area contributed by atoms with Crippen LogP contribution >= 0.6 is 0 Å². The Labute approximate surface area is 83.8 Å². The second kappa shape index (κ2) is 14.0. The number of nitrogens with zero attached hydrogens (tertiary/aromatic N) is 1. The number of carboxylic acids is 1. The highest BCUT2D eigenvalue weighted by Crippen LogP contribution is 1.88. The van der Waals surface area contributed by atoms with Crippen LogP contribution in [0, 0.1) is 0 Å². The minimum Gasteiger partial charge on any atom is -0.481 e. The van der Waals surface area contributed by atoms with E-state index < -0.39 is 5.97 Å². The summed E-state index contributed by atoms with van der Waals surface area (Å²) in [6.45, 7) is 3.72. The molecule has 0 atom stereocenters. The second-order valence-electron chi connectivity index (χ2n) is 2.45. The first-order valence-electron chi connectivity index (χ1n) is 3.57. The summed E-state index contributed by atoms with van der Waals surface area (Å²) in [6, 6.07) is 0. The molecule has 0 radical (unpaired) electrons. The van der Waals surface area contributed by atoms with E-state index in [-0.39, 0.29) is 28.7 Å². The molecular formula is C10H27NO2. The van der Waals surface area contributed by atoms with Crippen LogP contribution < -0.4 is 0 Å². The smallest absolute Gasteiger partial charge is 0.304 e. The van der Waals surface area contributed by atoms with Crippen LogP contribution in [0.2, 0.25) is 0 Å². The summed E-state index contributed by atoms with van der Waals surface area (Å²) in [5.74, 6) is -0.719. The number of carbonyl (C=O) groups is 1. The van der Waals surface area contributed by atoms with E-state index in [9.17, 15) is 4.79 Å². The SMILES string of the molecule is C.C.C.CCCN(C)CCC(=O)O. The van der Waals surface area contributed by atoms with Gasteiger partial charge in [-0.05, 0) is 20.0 Å². The Bertz CT molecular complexity index is 105. The molecule has 0 saturated carbocycles. The van der Waals surface area contributed by atoms with Crippen LogP contribution in [-0.4, -0.2) is 36.1 Å². The Morgan fingerprint density at radius 1 is 1.23 bits per heavy atom. The van der Waals surface area contributed by atoms with E-state index in [4.69, 9.17) is 5.11 Å². The van der Waals surface area contributed by atoms with Gasteiger partial charge >= 0.3 is 5.97 Å². The van der Waals surface area contributed by atoms with Crippen LogP contribution in [0.4, 0.5) is 0 Å². The average Bonchev–Trinajstić information content (AvgIpc) is 1.85. The zero-order valence-corrected chi connectivity index (χ0v) is 6.63. The van der Waals surface area contributed by atoms with Crippen molar-refractivity contribution < 1.29 is 9.90 Å². The minimum atomic E-state index is -0.719. The molecule has 0 heterocycles. The maximum Gasteiger partial charge on any atom is 0.304 e. The van der Waals surface area contributed by atoms with Gasteiger partial charge in [0.1, 0.15) is 0 Å². The maximum atomic E-state index is 10.1. The van der Waals surface area contributed by atoms with E-state index in [1.807, 2.05) is 11.9 Å². The normalized spacial score (nSPS) is 7.92. The molecule has 3 heteroatoms. The van der Waals surface area contributed by atoms with Gasteiger partial charge in [0.05, 0.1) is 6.42 Å². The van der Waals surface area contributed by atoms with E-state index in [1.165, 1.54) is 0 Å². The molecule has 0 spiro atoms. The quantitative estimate of drug-likeness (QED) is 0.730. The molecule has 0 aromatic heterocycles. The lowest BCUT2D eigenvalue weighted by molar-refractivity contribution is -0.137. The molecule has 0 rings (SSSR count). The summed E-state index contributed by atoms with van der Waals surface area (Å²) in [7, 11) is 1.94. The number of carboxylic acid groups (broad SMARTS) is 1. The fourth-order valence-electron chi connectivity index (χ4n) is 0.780. The third kappa shape index (κ3) is 18.4. The van der Waals surface area contributed by atoms with Gasteiger partial charge in [-0.1, -0.05) is 29.2 Å². The molecule has 0 aliphatic carbocycles. The lowest BCUT2D eigenvalue weighted by Gasteiger charge is -2.12. The van der Waals surface area contributed by atoms with Gasteiger partial charge in [0.15, 0.2) is 0 Å². The summed E-state index contributed by atoms with van der Waals surface area (Å²) >= 11 is 0. The molecule has 0 saturated heterocycles. The number of hydrogen-bond acceptors (Lipinski definition) is 2. The molecule has 0 amide bonds. The van der Waals surface area contributed by atoms with Crippen molar-refractivity contribution in [3.05, 3.63) is 0 Å². The van der Waals surface area contributed by atoms with Crippen LogP contribution in [0.5, 0.6) is 0 Å². The average molecular weight is 193 g/mol. The monoisotopic (exact) mass is 193 g/mol. The van der Waals surface area contributed by atoms with Crippen molar-refractivity contribution in [2.75, 3.05) is 20.1 Å². The Hall–Kier alpha value is -0.570. The zero-order valence-electron chi connectivity index (χ0n) is 6.63. The lowest BCUT2D eigenvalue weighted by Crippen LogP contribution is -2.22. The van der Waals surface area contributed by atoms with Crippen molar-refractivity contribution in [3.63, 3.8) is 0 Å². The van der Waals surface area contributed by atoms with Gasteiger partial charge in [0, 0.05) is 6.54 Å². The van der Waals surface area contributed by atoms with Crippen LogP contribution in [0.3, 0.4) is 0 Å². The predicted octanol–water partition coefficient (Wildman–Crippen LogP) is 2.71. The van der Waals surface area contributed by atoms with Crippen LogP contribution in [0.25, 0.3) is 0 Å². The molecule has 0 aliphatic rings. The molecule has 0 aromatic rings. The third-order valence-corrected chi connectivity index (χ3v) is 1.31. The molecule has 0 aromatic carbocycles. The van der Waals surface area contributed by atoms with Crippen LogP contribution in [-0.2, 0) is 4.79 Å². The third-order valence-electron chi connectivity index (χ3n) is 1.31. The van der Waals surface area contributed by atoms with Gasteiger partial charge in [-0.2, -0.15) is 0 Å². The molecule has 13 heavy (non-hydrogen) atoms. The van der Waals surface area contributed by atoms with Crippen molar-refractivity contribution in [1.82, 2.24) is 4.90 Å². The summed E-state index contributed by atoms with van der Waals surface area (Å²) in [4.78, 5) is 12.1. The van der Waals surface area contributed by atoms with Crippen molar-refractivity contribution >= 4 is 5.97 Å². The summed E-state index contributed by atoms with van der Waals surface area (Å²) in [5.41, 5.74) is 0. The van der Waals surface area contributed by atoms with Gasteiger partial charge in [0.2, 0.25) is 0 Å². The molecule has 0 unspecified atom stereocenters. The largest absolute Gasteiger partial charge is 0.481 e. The van der Waals surface area contributed by atoms with E-state index in [1.54, 1.807) is 0 Å². The van der Waals surface area contributed by atoms with Crippen LogP contribution in [0.15, 0.2) is 0 Å². The second-order valence-corrected chi connectivity index (χ2v) is 2.45. The first-order chi connectivity index (χ1) is 4.66. The van der Waals surface area contributed by atoms with Crippen LogP contribution in [0.1, 0.15) is 42.0 Å². The van der Waals surface area contributed by atoms with Crippen molar-refractivity contribution in [2.24, 2.45) is 0 Å². The Morgan fingerprint density at radius 2 is 1.69 bits per heavy atom. The minimum absolute atomic E-state index is 0. The molecule has 3 nitrogen and oxygen atoms in total. The first-order valence-corrected chi connectivity index (χ1v) is 3.57. The highest BCUT2D eigenvalue weighted by Gasteiger charge is 1.99. The summed E-state index contributed by atoms with van der Waals surface area (Å²) in [5, 5.41) is 8.30. The van der Waals surface area contributed by atoms with E-state index in [2.05, 4.69) is 6.92 Å². The van der Waals surface area contributed by atoms with Crippen molar-refractivity contribution in [3.8, 4) is 0 Å². The van der Waals surface area contributed by atoms with Gasteiger partial charge in [-0.15, -0.1) is 0 Å². The Kier molecular flexibility index (Phi) is 24.6. The molecule has 84 valence electrons. The first kappa shape index (κ1) is 22.9. The summed E-state index contributed by atoms with van der Waals surface area (Å²) < 4.78 is 0. The fraction of sp³-hybridized carbons (Fsp3) is 0.900. The molecule has 0 aliphatic heterocycles. The highest BCUT2D eigenvalue weighted by molar-refractivity contribution is 5.66. The molecular weight excluding hydrogens is 166 g/mol. The standard InChI is InChI=1S/C7H15NO2.3CH4/c1-3-5-8(2)6-4-7(9)10;;;/h3-6H2,1-2H3,(H,9,10);3*1H4. The highest BCUT2D eigenvalue weighted by atomic mass is 16.4. The number of hydrogen-bond donors (Lipinski definition) is 1. The maximum absolute atomic E-state index is 10.1.